The van der Waals surface area contributed by atoms with Gasteiger partial charge in [-0.1, -0.05) is 27.2 Å². The van der Waals surface area contributed by atoms with Gasteiger partial charge >= 0.3 is 0 Å². The summed E-state index contributed by atoms with van der Waals surface area (Å²) in [6.07, 6.45) is 5.07. The Kier molecular flexibility index (Phi) is 6.24. The van der Waals surface area contributed by atoms with Crippen LogP contribution in [-0.4, -0.2) is 12.3 Å². The fraction of sp³-hybridized carbons (Fsp3) is 0.750. The molecule has 2 heterocycles. The van der Waals surface area contributed by atoms with Crippen LogP contribution in [0.15, 0.2) is 6.07 Å². The first kappa shape index (κ1) is 15.4. The third-order valence-electron chi connectivity index (χ3n) is 3.97. The van der Waals surface area contributed by atoms with Crippen LogP contribution in [0.3, 0.4) is 0 Å². The van der Waals surface area contributed by atoms with Crippen LogP contribution in [0.4, 0.5) is 0 Å². The third kappa shape index (κ3) is 4.24. The van der Waals surface area contributed by atoms with E-state index in [0.29, 0.717) is 6.04 Å². The van der Waals surface area contributed by atoms with Crippen molar-refractivity contribution in [3.05, 3.63) is 21.4 Å². The second-order valence-electron chi connectivity index (χ2n) is 5.66. The smallest absolute Gasteiger partial charge is 0.0417 e. The van der Waals surface area contributed by atoms with E-state index in [4.69, 9.17) is 0 Å². The number of nitrogens with one attached hydrogen (secondary N) is 1. The molecule has 0 aliphatic carbocycles. The number of thioether (sulfide) groups is 1. The minimum absolute atomic E-state index is 0.579. The summed E-state index contributed by atoms with van der Waals surface area (Å²) >= 11 is 4.16. The number of aryl methyl sites for hydroxylation is 1. The second-order valence-corrected chi connectivity index (χ2v) is 7.93. The Hall–Kier alpha value is 0.01000. The molecule has 1 aromatic heterocycles. The van der Waals surface area contributed by atoms with Crippen LogP contribution in [0.5, 0.6) is 0 Å². The maximum atomic E-state index is 3.76. The minimum Gasteiger partial charge on any atom is -0.309 e. The Morgan fingerprint density at radius 3 is 2.89 bits per heavy atom. The van der Waals surface area contributed by atoms with Gasteiger partial charge in [0.25, 0.3) is 0 Å². The number of fused-ring (bicyclic) bond motifs is 1. The lowest BCUT2D eigenvalue weighted by atomic mass is 9.98. The summed E-state index contributed by atoms with van der Waals surface area (Å²) in [5.41, 5.74) is 1.61. The van der Waals surface area contributed by atoms with E-state index in [0.717, 1.165) is 12.5 Å². The van der Waals surface area contributed by atoms with Gasteiger partial charge in [-0.15, -0.1) is 11.3 Å². The largest absolute Gasteiger partial charge is 0.309 e. The van der Waals surface area contributed by atoms with Gasteiger partial charge in [0, 0.05) is 21.5 Å². The Morgan fingerprint density at radius 1 is 1.37 bits per heavy atom. The highest BCUT2D eigenvalue weighted by atomic mass is 32.2. The molecule has 0 saturated heterocycles. The molecule has 0 spiro atoms. The molecule has 2 atom stereocenters. The molecule has 1 aliphatic heterocycles. The van der Waals surface area contributed by atoms with Crippen molar-refractivity contribution in [1.82, 2.24) is 5.32 Å². The molecule has 108 valence electrons. The molecule has 0 aromatic carbocycles. The zero-order valence-corrected chi connectivity index (χ0v) is 14.1. The average Bonchev–Trinajstić information content (AvgIpc) is 2.86. The highest BCUT2D eigenvalue weighted by Crippen LogP contribution is 2.36. The van der Waals surface area contributed by atoms with Gasteiger partial charge in [0.05, 0.1) is 0 Å². The van der Waals surface area contributed by atoms with Crippen LogP contribution in [0.25, 0.3) is 0 Å². The van der Waals surface area contributed by atoms with Crippen molar-refractivity contribution in [2.45, 2.75) is 58.2 Å². The summed E-state index contributed by atoms with van der Waals surface area (Å²) in [5.74, 6) is 3.35. The average molecular weight is 298 g/mol. The number of rotatable bonds is 7. The first-order chi connectivity index (χ1) is 9.24. The van der Waals surface area contributed by atoms with Crippen LogP contribution in [-0.2, 0) is 12.2 Å². The fourth-order valence-electron chi connectivity index (χ4n) is 2.53. The van der Waals surface area contributed by atoms with Gasteiger partial charge in [-0.3, -0.25) is 0 Å². The van der Waals surface area contributed by atoms with Crippen molar-refractivity contribution < 1.29 is 0 Å². The van der Waals surface area contributed by atoms with E-state index in [2.05, 4.69) is 55.3 Å². The number of hydrogen-bond donors (Lipinski definition) is 1. The SMILES string of the molecule is CCCNC(CC(C)CC)c1cc2c(s1)CCSC2. The lowest BCUT2D eigenvalue weighted by Gasteiger charge is -2.20. The maximum absolute atomic E-state index is 3.76. The standard InChI is InChI=1S/C16H27NS2/c1-4-7-17-14(9-12(3)5-2)16-10-13-11-18-8-6-15(13)19-16/h10,12,14,17H,4-9,11H2,1-3H3. The minimum atomic E-state index is 0.579. The summed E-state index contributed by atoms with van der Waals surface area (Å²) in [6.45, 7) is 8.07. The van der Waals surface area contributed by atoms with Gasteiger partial charge in [-0.2, -0.15) is 11.8 Å². The van der Waals surface area contributed by atoms with Gasteiger partial charge in [-0.25, -0.2) is 0 Å². The quantitative estimate of drug-likeness (QED) is 0.759. The van der Waals surface area contributed by atoms with Crippen LogP contribution in [0.1, 0.15) is 61.4 Å². The van der Waals surface area contributed by atoms with Crippen LogP contribution < -0.4 is 5.32 Å². The normalized spacial score (nSPS) is 18.1. The van der Waals surface area contributed by atoms with E-state index < -0.39 is 0 Å². The molecule has 0 bridgehead atoms. The molecule has 0 fully saturated rings. The lowest BCUT2D eigenvalue weighted by molar-refractivity contribution is 0.406. The number of thiophene rings is 1. The van der Waals surface area contributed by atoms with E-state index in [1.807, 2.05) is 0 Å². The van der Waals surface area contributed by atoms with Gasteiger partial charge in [0.2, 0.25) is 0 Å². The predicted molar refractivity (Wildman–Crippen MR) is 89.3 cm³/mol. The Bertz CT molecular complexity index is 363. The Morgan fingerprint density at radius 2 is 2.21 bits per heavy atom. The Balaban J connectivity index is 2.09. The van der Waals surface area contributed by atoms with E-state index in [-0.39, 0.29) is 0 Å². The molecule has 1 nitrogen and oxygen atoms in total. The van der Waals surface area contributed by atoms with Crippen LogP contribution in [0, 0.1) is 5.92 Å². The van der Waals surface area contributed by atoms with E-state index in [1.54, 1.807) is 15.3 Å². The first-order valence-electron chi connectivity index (χ1n) is 7.67. The van der Waals surface area contributed by atoms with Crippen LogP contribution in [0.2, 0.25) is 0 Å². The van der Waals surface area contributed by atoms with E-state index in [9.17, 15) is 0 Å². The number of hydrogen-bond acceptors (Lipinski definition) is 3. The monoisotopic (exact) mass is 297 g/mol. The summed E-state index contributed by atoms with van der Waals surface area (Å²) in [6, 6.07) is 3.07. The third-order valence-corrected chi connectivity index (χ3v) is 6.32. The molecule has 3 heteroatoms. The van der Waals surface area contributed by atoms with Crippen molar-refractivity contribution in [3.63, 3.8) is 0 Å². The Labute approximate surface area is 126 Å². The molecule has 0 radical (unpaired) electrons. The van der Waals surface area contributed by atoms with Crippen molar-refractivity contribution in [1.29, 1.82) is 0 Å². The predicted octanol–water partition coefficient (Wildman–Crippen LogP) is 5.01. The summed E-state index contributed by atoms with van der Waals surface area (Å²) in [7, 11) is 0. The summed E-state index contributed by atoms with van der Waals surface area (Å²) in [4.78, 5) is 3.24. The first-order valence-corrected chi connectivity index (χ1v) is 9.64. The fourth-order valence-corrected chi connectivity index (χ4v) is 4.99. The molecule has 19 heavy (non-hydrogen) atoms. The molecule has 0 saturated carbocycles. The molecule has 1 N–H and O–H groups in total. The molecular weight excluding hydrogens is 270 g/mol. The molecular formula is C16H27NS2. The van der Waals surface area contributed by atoms with Crippen molar-refractivity contribution in [3.8, 4) is 0 Å². The van der Waals surface area contributed by atoms with Gasteiger partial charge in [-0.05, 0) is 49.1 Å². The van der Waals surface area contributed by atoms with Crippen LogP contribution >= 0.6 is 23.1 Å². The lowest BCUT2D eigenvalue weighted by Crippen LogP contribution is -2.23. The van der Waals surface area contributed by atoms with Crippen molar-refractivity contribution >= 4 is 23.1 Å². The topological polar surface area (TPSA) is 12.0 Å². The van der Waals surface area contributed by atoms with Gasteiger partial charge in [0.1, 0.15) is 0 Å². The van der Waals surface area contributed by atoms with E-state index in [1.165, 1.54) is 37.2 Å². The zero-order chi connectivity index (χ0) is 13.7. The van der Waals surface area contributed by atoms with Gasteiger partial charge < -0.3 is 5.32 Å². The molecule has 2 unspecified atom stereocenters. The molecule has 0 amide bonds. The maximum Gasteiger partial charge on any atom is 0.0417 e. The van der Waals surface area contributed by atoms with Gasteiger partial charge in [0.15, 0.2) is 0 Å². The molecule has 1 aliphatic rings. The highest BCUT2D eigenvalue weighted by Gasteiger charge is 2.20. The van der Waals surface area contributed by atoms with E-state index >= 15 is 0 Å². The van der Waals surface area contributed by atoms with Crippen molar-refractivity contribution in [2.75, 3.05) is 12.3 Å². The summed E-state index contributed by atoms with van der Waals surface area (Å²) in [5, 5.41) is 3.76. The second kappa shape index (κ2) is 7.70. The zero-order valence-electron chi connectivity index (χ0n) is 12.5. The summed E-state index contributed by atoms with van der Waals surface area (Å²) < 4.78 is 0. The molecule has 2 rings (SSSR count). The highest BCUT2D eigenvalue weighted by molar-refractivity contribution is 7.98. The van der Waals surface area contributed by atoms with Crippen molar-refractivity contribution in [2.24, 2.45) is 5.92 Å². The molecule has 1 aromatic rings.